The van der Waals surface area contributed by atoms with Crippen LogP contribution in [0.2, 0.25) is 5.02 Å². The summed E-state index contributed by atoms with van der Waals surface area (Å²) in [6.45, 7) is 7.85. The van der Waals surface area contributed by atoms with E-state index in [1.165, 1.54) is 6.20 Å². The van der Waals surface area contributed by atoms with Gasteiger partial charge in [-0.1, -0.05) is 29.3 Å². The second-order valence-electron chi connectivity index (χ2n) is 5.03. The van der Waals surface area contributed by atoms with Crippen LogP contribution in [0.5, 0.6) is 0 Å². The van der Waals surface area contributed by atoms with Crippen LogP contribution in [0, 0.1) is 13.8 Å². The van der Waals surface area contributed by atoms with Gasteiger partial charge in [0, 0.05) is 11.6 Å². The lowest BCUT2D eigenvalue weighted by molar-refractivity contribution is 0.102. The van der Waals surface area contributed by atoms with Crippen molar-refractivity contribution in [3.63, 3.8) is 0 Å². The molecule has 1 aromatic heterocycles. The van der Waals surface area contributed by atoms with Crippen LogP contribution in [0.4, 0.5) is 0 Å². The van der Waals surface area contributed by atoms with Crippen LogP contribution in [-0.4, -0.2) is 15.6 Å². The fourth-order valence-corrected chi connectivity index (χ4v) is 2.27. The van der Waals surface area contributed by atoms with E-state index in [0.29, 0.717) is 16.3 Å². The zero-order valence-corrected chi connectivity index (χ0v) is 12.3. The fraction of sp³-hybridized carbons (Fsp3) is 0.333. The Kier molecular flexibility index (Phi) is 3.76. The van der Waals surface area contributed by atoms with Gasteiger partial charge in [-0.2, -0.15) is 5.10 Å². The Hall–Kier alpha value is -1.61. The molecule has 0 saturated carbocycles. The van der Waals surface area contributed by atoms with Gasteiger partial charge in [-0.15, -0.1) is 0 Å². The predicted molar refractivity (Wildman–Crippen MR) is 77.0 cm³/mol. The first-order valence-electron chi connectivity index (χ1n) is 6.26. The van der Waals surface area contributed by atoms with Crippen molar-refractivity contribution < 1.29 is 4.79 Å². The molecule has 0 aliphatic carbocycles. The van der Waals surface area contributed by atoms with Gasteiger partial charge in [-0.25, -0.2) is 0 Å². The third-order valence-electron chi connectivity index (χ3n) is 3.09. The first kappa shape index (κ1) is 13.8. The van der Waals surface area contributed by atoms with Crippen molar-refractivity contribution in [3.05, 3.63) is 51.8 Å². The molecule has 0 saturated heterocycles. The lowest BCUT2D eigenvalue weighted by Gasteiger charge is -2.12. The number of ketones is 1. The minimum atomic E-state index is -0.0719. The molecule has 1 aromatic carbocycles. The molecule has 0 radical (unpaired) electrons. The molecule has 0 spiro atoms. The summed E-state index contributed by atoms with van der Waals surface area (Å²) in [7, 11) is 0. The van der Waals surface area contributed by atoms with Gasteiger partial charge in [0.25, 0.3) is 0 Å². The molecule has 0 N–H and O–H groups in total. The summed E-state index contributed by atoms with van der Waals surface area (Å²) in [4.78, 5) is 12.7. The van der Waals surface area contributed by atoms with Crippen LogP contribution in [-0.2, 0) is 0 Å². The lowest BCUT2D eigenvalue weighted by Crippen LogP contribution is -2.14. The van der Waals surface area contributed by atoms with Crippen molar-refractivity contribution in [2.24, 2.45) is 0 Å². The van der Waals surface area contributed by atoms with Crippen molar-refractivity contribution in [2.45, 2.75) is 33.7 Å². The monoisotopic (exact) mass is 276 g/mol. The second kappa shape index (κ2) is 5.17. The first-order chi connectivity index (χ1) is 8.91. The summed E-state index contributed by atoms with van der Waals surface area (Å²) < 4.78 is 1.67. The maximum atomic E-state index is 12.7. The molecule has 19 heavy (non-hydrogen) atoms. The summed E-state index contributed by atoms with van der Waals surface area (Å²) >= 11 is 6.12. The highest BCUT2D eigenvalue weighted by atomic mass is 35.5. The van der Waals surface area contributed by atoms with E-state index in [1.807, 2.05) is 45.9 Å². The van der Waals surface area contributed by atoms with Crippen molar-refractivity contribution >= 4 is 17.4 Å². The Morgan fingerprint density at radius 1 is 1.32 bits per heavy atom. The molecule has 3 nitrogen and oxygen atoms in total. The van der Waals surface area contributed by atoms with Gasteiger partial charge in [0.15, 0.2) is 0 Å². The minimum absolute atomic E-state index is 0.0719. The maximum absolute atomic E-state index is 12.7. The number of hydrogen-bond donors (Lipinski definition) is 0. The molecule has 0 unspecified atom stereocenters. The Morgan fingerprint density at radius 2 is 2.00 bits per heavy atom. The van der Waals surface area contributed by atoms with Crippen molar-refractivity contribution in [2.75, 3.05) is 0 Å². The Morgan fingerprint density at radius 3 is 2.63 bits per heavy atom. The fourth-order valence-electron chi connectivity index (χ4n) is 2.05. The number of benzene rings is 1. The number of rotatable bonds is 3. The minimum Gasteiger partial charge on any atom is -0.287 e. The quantitative estimate of drug-likeness (QED) is 0.795. The highest BCUT2D eigenvalue weighted by Crippen LogP contribution is 2.24. The number of carbonyl (C=O) groups is 1. The van der Waals surface area contributed by atoms with E-state index in [9.17, 15) is 4.79 Å². The SMILES string of the molecule is Cc1ccc(C)c(C(=O)c2c(Cl)cnn2C(C)C)c1. The summed E-state index contributed by atoms with van der Waals surface area (Å²) in [5.41, 5.74) is 3.15. The van der Waals surface area contributed by atoms with E-state index >= 15 is 0 Å². The summed E-state index contributed by atoms with van der Waals surface area (Å²) in [5, 5.41) is 4.58. The largest absolute Gasteiger partial charge is 0.287 e. The van der Waals surface area contributed by atoms with E-state index in [2.05, 4.69) is 5.10 Å². The Labute approximate surface area is 118 Å². The van der Waals surface area contributed by atoms with Crippen LogP contribution in [0.1, 0.15) is 47.1 Å². The summed E-state index contributed by atoms with van der Waals surface area (Å²) in [5.74, 6) is -0.0719. The molecule has 0 amide bonds. The van der Waals surface area contributed by atoms with Crippen LogP contribution in [0.3, 0.4) is 0 Å². The zero-order valence-electron chi connectivity index (χ0n) is 11.6. The van der Waals surface area contributed by atoms with Crippen LogP contribution in [0.15, 0.2) is 24.4 Å². The maximum Gasteiger partial charge on any atom is 0.212 e. The average Bonchev–Trinajstić information content (AvgIpc) is 2.73. The van der Waals surface area contributed by atoms with Crippen LogP contribution >= 0.6 is 11.6 Å². The number of nitrogens with zero attached hydrogens (tertiary/aromatic N) is 2. The van der Waals surface area contributed by atoms with Crippen LogP contribution in [0.25, 0.3) is 0 Å². The Balaban J connectivity index is 2.56. The predicted octanol–water partition coefficient (Wildman–Crippen LogP) is 3.97. The third-order valence-corrected chi connectivity index (χ3v) is 3.37. The number of aryl methyl sites for hydroxylation is 2. The molecule has 4 heteroatoms. The number of carbonyl (C=O) groups excluding carboxylic acids is 1. The number of aromatic nitrogens is 2. The van der Waals surface area contributed by atoms with E-state index in [1.54, 1.807) is 4.68 Å². The third kappa shape index (κ3) is 2.56. The molecule has 0 aliphatic rings. The number of hydrogen-bond acceptors (Lipinski definition) is 2. The van der Waals surface area contributed by atoms with Gasteiger partial charge in [0.05, 0.1) is 11.2 Å². The highest BCUT2D eigenvalue weighted by molar-refractivity contribution is 6.34. The van der Waals surface area contributed by atoms with E-state index in [4.69, 9.17) is 11.6 Å². The zero-order chi connectivity index (χ0) is 14.2. The molecule has 2 rings (SSSR count). The van der Waals surface area contributed by atoms with Gasteiger partial charge in [-0.05, 0) is 39.3 Å². The molecule has 100 valence electrons. The highest BCUT2D eigenvalue weighted by Gasteiger charge is 2.21. The Bertz CT molecular complexity index is 629. The standard InChI is InChI=1S/C15H17ClN2O/c1-9(2)18-14(13(16)8-17-18)15(19)12-7-10(3)5-6-11(12)4/h5-9H,1-4H3. The summed E-state index contributed by atoms with van der Waals surface area (Å²) in [6, 6.07) is 5.93. The van der Waals surface area contributed by atoms with Crippen molar-refractivity contribution in [3.8, 4) is 0 Å². The molecular formula is C15H17ClN2O. The molecule has 2 aromatic rings. The van der Waals surface area contributed by atoms with Gasteiger partial charge in [0.1, 0.15) is 5.69 Å². The van der Waals surface area contributed by atoms with Gasteiger partial charge in [0.2, 0.25) is 5.78 Å². The summed E-state index contributed by atoms with van der Waals surface area (Å²) in [6.07, 6.45) is 1.53. The normalized spacial score (nSPS) is 11.1. The van der Waals surface area contributed by atoms with E-state index in [0.717, 1.165) is 11.1 Å². The average molecular weight is 277 g/mol. The van der Waals surface area contributed by atoms with Gasteiger partial charge < -0.3 is 0 Å². The van der Waals surface area contributed by atoms with Crippen molar-refractivity contribution in [1.82, 2.24) is 9.78 Å². The second-order valence-corrected chi connectivity index (χ2v) is 5.43. The topological polar surface area (TPSA) is 34.9 Å². The number of halogens is 1. The van der Waals surface area contributed by atoms with E-state index < -0.39 is 0 Å². The molecule has 1 heterocycles. The molecule has 0 atom stereocenters. The van der Waals surface area contributed by atoms with Gasteiger partial charge in [-0.3, -0.25) is 9.48 Å². The first-order valence-corrected chi connectivity index (χ1v) is 6.64. The molecule has 0 fully saturated rings. The van der Waals surface area contributed by atoms with Crippen LogP contribution < -0.4 is 0 Å². The lowest BCUT2D eigenvalue weighted by atomic mass is 10.00. The molecular weight excluding hydrogens is 260 g/mol. The van der Waals surface area contributed by atoms with Crippen molar-refractivity contribution in [1.29, 1.82) is 0 Å². The molecule has 0 bridgehead atoms. The van der Waals surface area contributed by atoms with E-state index in [-0.39, 0.29) is 11.8 Å². The smallest absolute Gasteiger partial charge is 0.212 e. The van der Waals surface area contributed by atoms with Gasteiger partial charge >= 0.3 is 0 Å². The molecule has 0 aliphatic heterocycles.